The van der Waals surface area contributed by atoms with Gasteiger partial charge in [-0.05, 0) is 24.3 Å². The zero-order valence-electron chi connectivity index (χ0n) is 18.1. The molecule has 1 aliphatic heterocycles. The number of carbonyl (C=O) groups is 3. The van der Waals surface area contributed by atoms with Crippen LogP contribution in [0.1, 0.15) is 16.6 Å². The van der Waals surface area contributed by atoms with Crippen molar-refractivity contribution in [1.29, 1.82) is 0 Å². The zero-order valence-corrected chi connectivity index (χ0v) is 18.9. The Morgan fingerprint density at radius 2 is 1.71 bits per heavy atom. The molecule has 0 saturated carbocycles. The van der Waals surface area contributed by atoms with Gasteiger partial charge >= 0.3 is 24.0 Å². The highest BCUT2D eigenvalue weighted by molar-refractivity contribution is 6.30. The third-order valence-electron chi connectivity index (χ3n) is 4.72. The molecule has 15 heteroatoms. The Hall–Kier alpha value is -3.91. The van der Waals surface area contributed by atoms with E-state index in [1.54, 1.807) is 0 Å². The van der Waals surface area contributed by atoms with Gasteiger partial charge in [-0.2, -0.15) is 0 Å². The molecule has 13 nitrogen and oxygen atoms in total. The van der Waals surface area contributed by atoms with E-state index in [1.807, 2.05) is 4.98 Å². The summed E-state index contributed by atoms with van der Waals surface area (Å²) < 4.78 is 45.7. The van der Waals surface area contributed by atoms with Gasteiger partial charge in [-0.1, -0.05) is 11.6 Å². The van der Waals surface area contributed by atoms with E-state index in [0.29, 0.717) is 9.59 Å². The molecule has 0 spiro atoms. The van der Waals surface area contributed by atoms with Crippen molar-refractivity contribution in [3.63, 3.8) is 0 Å². The number of nitrogens with one attached hydrogen (secondary N) is 1. The number of methoxy groups -OCH3 is 2. The maximum atomic E-state index is 16.1. The fraction of sp³-hybridized carbons (Fsp3) is 0.350. The second-order valence-electron chi connectivity index (χ2n) is 6.92. The molecule has 35 heavy (non-hydrogen) atoms. The van der Waals surface area contributed by atoms with Crippen LogP contribution in [-0.4, -0.2) is 66.7 Å². The monoisotopic (exact) mass is 516 g/mol. The number of ether oxygens (including phenoxy) is 6. The number of hydrogen-bond donors (Lipinski definition) is 1. The molecule has 1 fully saturated rings. The van der Waals surface area contributed by atoms with Crippen molar-refractivity contribution < 1.29 is 47.2 Å². The summed E-state index contributed by atoms with van der Waals surface area (Å²) in [5, 5.41) is 0.339. The summed E-state index contributed by atoms with van der Waals surface area (Å²) in [6, 6.07) is 6.35. The van der Waals surface area contributed by atoms with E-state index in [2.05, 4.69) is 9.47 Å². The molecule has 2 heterocycles. The first-order valence-corrected chi connectivity index (χ1v) is 10.1. The van der Waals surface area contributed by atoms with Crippen LogP contribution in [0.25, 0.3) is 0 Å². The van der Waals surface area contributed by atoms with E-state index in [9.17, 15) is 24.0 Å². The Kier molecular flexibility index (Phi) is 7.76. The first-order chi connectivity index (χ1) is 16.6. The van der Waals surface area contributed by atoms with Crippen LogP contribution < -0.4 is 11.2 Å². The SMILES string of the molecule is COC(=O)O[C@H]1[C@H](n2ccc(=O)[nH]c2=O)O[C@](F)(COC(=O)c2ccc(Cl)cc2)[C@H]1OC(=O)OC. The molecule has 1 aromatic heterocycles. The van der Waals surface area contributed by atoms with Crippen LogP contribution in [0.3, 0.4) is 0 Å². The van der Waals surface area contributed by atoms with Crippen molar-refractivity contribution in [2.24, 2.45) is 0 Å². The van der Waals surface area contributed by atoms with E-state index in [4.69, 9.17) is 30.5 Å². The Labute approximate surface area is 200 Å². The molecule has 1 aromatic carbocycles. The fourth-order valence-electron chi connectivity index (χ4n) is 3.11. The number of esters is 1. The lowest BCUT2D eigenvalue weighted by Gasteiger charge is -2.26. The molecule has 3 rings (SSSR count). The second-order valence-corrected chi connectivity index (χ2v) is 7.36. The van der Waals surface area contributed by atoms with Crippen molar-refractivity contribution in [2.75, 3.05) is 20.8 Å². The zero-order chi connectivity index (χ0) is 25.8. The Morgan fingerprint density at radius 1 is 1.09 bits per heavy atom. The fourth-order valence-corrected chi connectivity index (χ4v) is 3.23. The van der Waals surface area contributed by atoms with Gasteiger partial charge in [0, 0.05) is 17.3 Å². The van der Waals surface area contributed by atoms with Gasteiger partial charge in [0.05, 0.1) is 19.8 Å². The smallest absolute Gasteiger partial charge is 0.456 e. The number of H-pyrrole nitrogens is 1. The Morgan fingerprint density at radius 3 is 2.31 bits per heavy atom. The number of hydrogen-bond acceptors (Lipinski definition) is 11. The first-order valence-electron chi connectivity index (χ1n) is 9.68. The third-order valence-corrected chi connectivity index (χ3v) is 4.97. The molecule has 0 radical (unpaired) electrons. The predicted molar refractivity (Wildman–Crippen MR) is 112 cm³/mol. The van der Waals surface area contributed by atoms with Crippen molar-refractivity contribution in [3.8, 4) is 0 Å². The molecule has 1 saturated heterocycles. The minimum absolute atomic E-state index is 0.0113. The third kappa shape index (κ3) is 5.78. The highest BCUT2D eigenvalue weighted by atomic mass is 35.5. The van der Waals surface area contributed by atoms with Crippen LogP contribution in [0.2, 0.25) is 5.02 Å². The standard InChI is InChI=1S/C20H18ClFN2O11/c1-30-18(28)33-13-14(34-19(29)31-2)20(22,9-32-16(26)10-3-5-11(21)6-4-10)35-15(13)24-8-7-12(25)23-17(24)27/h3-8,13-15H,9H2,1-2H3,(H,23,25,27)/t13-,14+,15-,20-/m1/s1. The van der Waals surface area contributed by atoms with Crippen LogP contribution >= 0.6 is 11.6 Å². The van der Waals surface area contributed by atoms with Crippen molar-refractivity contribution in [1.82, 2.24) is 9.55 Å². The number of aromatic amines is 1. The maximum Gasteiger partial charge on any atom is 0.508 e. The molecule has 1 aliphatic rings. The molecule has 0 bridgehead atoms. The molecule has 0 amide bonds. The number of halogens is 2. The normalized spacial score (nSPS) is 23.3. The van der Waals surface area contributed by atoms with Gasteiger partial charge < -0.3 is 28.4 Å². The molecule has 2 aromatic rings. The lowest BCUT2D eigenvalue weighted by Crippen LogP contribution is -2.48. The van der Waals surface area contributed by atoms with Gasteiger partial charge in [0.1, 0.15) is 0 Å². The molecular weight excluding hydrogens is 499 g/mol. The van der Waals surface area contributed by atoms with Crippen LogP contribution in [-0.2, 0) is 28.4 Å². The lowest BCUT2D eigenvalue weighted by atomic mass is 10.1. The van der Waals surface area contributed by atoms with Crippen LogP contribution in [0.4, 0.5) is 14.0 Å². The van der Waals surface area contributed by atoms with Crippen LogP contribution in [0, 0.1) is 0 Å². The Bertz CT molecular complexity index is 1210. The summed E-state index contributed by atoms with van der Waals surface area (Å²) in [5.74, 6) is -4.15. The quantitative estimate of drug-likeness (QED) is 0.438. The highest BCUT2D eigenvalue weighted by Gasteiger charge is 2.62. The largest absolute Gasteiger partial charge is 0.508 e. The number of rotatable bonds is 6. The van der Waals surface area contributed by atoms with Crippen molar-refractivity contribution in [2.45, 2.75) is 24.3 Å². The summed E-state index contributed by atoms with van der Waals surface area (Å²) in [5.41, 5.74) is -1.84. The van der Waals surface area contributed by atoms with Crippen molar-refractivity contribution >= 4 is 29.9 Å². The number of alkyl halides is 1. The molecular formula is C20H18ClFN2O11. The van der Waals surface area contributed by atoms with Gasteiger partial charge in [0.25, 0.3) is 11.4 Å². The van der Waals surface area contributed by atoms with E-state index in [0.717, 1.165) is 26.5 Å². The molecule has 4 atom stereocenters. The maximum absolute atomic E-state index is 16.1. The van der Waals surface area contributed by atoms with E-state index in [1.165, 1.54) is 24.3 Å². The van der Waals surface area contributed by atoms with Crippen molar-refractivity contribution in [3.05, 3.63) is 68.0 Å². The summed E-state index contributed by atoms with van der Waals surface area (Å²) in [6.45, 7) is -1.17. The minimum atomic E-state index is -3.16. The summed E-state index contributed by atoms with van der Waals surface area (Å²) in [4.78, 5) is 61.7. The van der Waals surface area contributed by atoms with Gasteiger partial charge in [0.2, 0.25) is 6.10 Å². The average molecular weight is 517 g/mol. The first kappa shape index (κ1) is 25.7. The molecule has 0 unspecified atom stereocenters. The topological polar surface area (TPSA) is 161 Å². The van der Waals surface area contributed by atoms with Crippen LogP contribution in [0.5, 0.6) is 0 Å². The molecule has 1 N–H and O–H groups in total. The summed E-state index contributed by atoms with van der Waals surface area (Å²) in [7, 11) is 1.88. The predicted octanol–water partition coefficient (Wildman–Crippen LogP) is 1.54. The Balaban J connectivity index is 1.97. The number of carbonyl (C=O) groups excluding carboxylic acids is 3. The molecule has 188 valence electrons. The summed E-state index contributed by atoms with van der Waals surface area (Å²) in [6.07, 6.45) is -7.59. The summed E-state index contributed by atoms with van der Waals surface area (Å²) >= 11 is 5.77. The lowest BCUT2D eigenvalue weighted by molar-refractivity contribution is -0.209. The number of aromatic nitrogens is 2. The van der Waals surface area contributed by atoms with Gasteiger partial charge in [-0.3, -0.25) is 14.3 Å². The average Bonchev–Trinajstić information content (AvgIpc) is 3.09. The molecule has 0 aliphatic carbocycles. The van der Waals surface area contributed by atoms with Gasteiger partial charge in [-0.25, -0.2) is 23.6 Å². The second kappa shape index (κ2) is 10.6. The minimum Gasteiger partial charge on any atom is -0.456 e. The number of nitrogens with zero attached hydrogens (tertiary/aromatic N) is 1. The number of benzene rings is 1. The van der Waals surface area contributed by atoms with Crippen LogP contribution in [0.15, 0.2) is 46.1 Å². The van der Waals surface area contributed by atoms with E-state index >= 15 is 4.39 Å². The van der Waals surface area contributed by atoms with Gasteiger partial charge in [0.15, 0.2) is 18.9 Å². The van der Waals surface area contributed by atoms with Gasteiger partial charge in [-0.15, -0.1) is 0 Å². The highest BCUT2D eigenvalue weighted by Crippen LogP contribution is 2.42. The van der Waals surface area contributed by atoms with E-state index in [-0.39, 0.29) is 5.56 Å². The van der Waals surface area contributed by atoms with E-state index < -0.39 is 60.4 Å².